The SMILES string of the molecule is CCS(=O)(=O)c1ccc(CC(=O)Nc2nnc(-c3cc(C)cc(C)c3)o2)cc1. The van der Waals surface area contributed by atoms with Crippen molar-refractivity contribution in [1.82, 2.24) is 10.2 Å². The number of aromatic nitrogens is 2. The standard InChI is InChI=1S/C20H21N3O4S/c1-4-28(25,26)17-7-5-15(6-8-17)12-18(24)21-20-23-22-19(27-20)16-10-13(2)9-14(3)11-16/h5-11H,4,12H2,1-3H3,(H,21,23,24). The summed E-state index contributed by atoms with van der Waals surface area (Å²) in [6.45, 7) is 5.55. The summed E-state index contributed by atoms with van der Waals surface area (Å²) in [5.41, 5.74) is 3.62. The van der Waals surface area contributed by atoms with Crippen LogP contribution in [-0.4, -0.2) is 30.3 Å². The van der Waals surface area contributed by atoms with E-state index < -0.39 is 9.84 Å². The number of sulfone groups is 1. The van der Waals surface area contributed by atoms with E-state index in [1.807, 2.05) is 32.0 Å². The van der Waals surface area contributed by atoms with Crippen LogP contribution in [0, 0.1) is 13.8 Å². The van der Waals surface area contributed by atoms with Crippen molar-refractivity contribution in [3.63, 3.8) is 0 Å². The molecule has 0 saturated heterocycles. The van der Waals surface area contributed by atoms with Crippen LogP contribution in [0.4, 0.5) is 6.01 Å². The van der Waals surface area contributed by atoms with Crippen LogP contribution < -0.4 is 5.32 Å². The van der Waals surface area contributed by atoms with E-state index >= 15 is 0 Å². The lowest BCUT2D eigenvalue weighted by molar-refractivity contribution is -0.115. The molecule has 0 radical (unpaired) electrons. The molecule has 0 aliphatic heterocycles. The van der Waals surface area contributed by atoms with Crippen LogP contribution in [0.2, 0.25) is 0 Å². The summed E-state index contributed by atoms with van der Waals surface area (Å²) in [5, 5.41) is 10.4. The first-order valence-corrected chi connectivity index (χ1v) is 10.5. The fourth-order valence-corrected chi connectivity index (χ4v) is 3.70. The van der Waals surface area contributed by atoms with Gasteiger partial charge in [0.25, 0.3) is 0 Å². The first-order chi connectivity index (χ1) is 13.3. The summed E-state index contributed by atoms with van der Waals surface area (Å²) in [7, 11) is -3.26. The molecule has 2 aromatic carbocycles. The lowest BCUT2D eigenvalue weighted by atomic mass is 10.1. The highest BCUT2D eigenvalue weighted by molar-refractivity contribution is 7.91. The Kier molecular flexibility index (Phi) is 5.60. The van der Waals surface area contributed by atoms with E-state index in [0.717, 1.165) is 16.7 Å². The molecule has 3 rings (SSSR count). The van der Waals surface area contributed by atoms with Gasteiger partial charge in [0.2, 0.25) is 11.8 Å². The van der Waals surface area contributed by atoms with Crippen LogP contribution in [0.3, 0.4) is 0 Å². The molecular formula is C20H21N3O4S. The minimum atomic E-state index is -3.26. The molecule has 1 N–H and O–H groups in total. The average Bonchev–Trinajstić information content (AvgIpc) is 3.09. The van der Waals surface area contributed by atoms with E-state index in [0.29, 0.717) is 11.5 Å². The normalized spacial score (nSPS) is 11.4. The highest BCUT2D eigenvalue weighted by Gasteiger charge is 2.14. The second-order valence-corrected chi connectivity index (χ2v) is 8.84. The van der Waals surface area contributed by atoms with Gasteiger partial charge in [-0.25, -0.2) is 8.42 Å². The van der Waals surface area contributed by atoms with Crippen LogP contribution in [0.1, 0.15) is 23.6 Å². The van der Waals surface area contributed by atoms with Crippen molar-refractivity contribution in [1.29, 1.82) is 0 Å². The number of rotatable bonds is 6. The van der Waals surface area contributed by atoms with Crippen molar-refractivity contribution in [3.8, 4) is 11.5 Å². The van der Waals surface area contributed by atoms with Gasteiger partial charge < -0.3 is 4.42 Å². The molecule has 0 aliphatic carbocycles. The number of nitrogens with one attached hydrogen (secondary N) is 1. The van der Waals surface area contributed by atoms with Gasteiger partial charge in [-0.1, -0.05) is 41.3 Å². The number of carbonyl (C=O) groups is 1. The molecule has 0 fully saturated rings. The summed E-state index contributed by atoms with van der Waals surface area (Å²) in [4.78, 5) is 12.5. The van der Waals surface area contributed by atoms with Crippen LogP contribution in [0.5, 0.6) is 0 Å². The average molecular weight is 399 g/mol. The monoisotopic (exact) mass is 399 g/mol. The summed E-state index contributed by atoms with van der Waals surface area (Å²) >= 11 is 0. The third kappa shape index (κ3) is 4.64. The molecule has 1 heterocycles. The van der Waals surface area contributed by atoms with E-state index in [1.54, 1.807) is 19.1 Å². The van der Waals surface area contributed by atoms with Gasteiger partial charge in [0.1, 0.15) is 0 Å². The van der Waals surface area contributed by atoms with Crippen LogP contribution >= 0.6 is 0 Å². The quantitative estimate of drug-likeness (QED) is 0.682. The zero-order chi connectivity index (χ0) is 20.3. The highest BCUT2D eigenvalue weighted by atomic mass is 32.2. The Morgan fingerprint density at radius 2 is 1.68 bits per heavy atom. The van der Waals surface area contributed by atoms with Crippen molar-refractivity contribution in [3.05, 3.63) is 59.2 Å². The Morgan fingerprint density at radius 1 is 1.04 bits per heavy atom. The summed E-state index contributed by atoms with van der Waals surface area (Å²) < 4.78 is 29.2. The molecule has 0 atom stereocenters. The molecule has 0 aliphatic rings. The molecule has 28 heavy (non-hydrogen) atoms. The van der Waals surface area contributed by atoms with Gasteiger partial charge in [-0.3, -0.25) is 10.1 Å². The third-order valence-electron chi connectivity index (χ3n) is 4.17. The predicted octanol–water partition coefficient (Wildman–Crippen LogP) is 3.33. The number of aryl methyl sites for hydroxylation is 2. The van der Waals surface area contributed by atoms with Crippen LogP contribution in [0.15, 0.2) is 51.8 Å². The predicted molar refractivity (Wildman–Crippen MR) is 106 cm³/mol. The molecule has 0 spiro atoms. The van der Waals surface area contributed by atoms with Crippen molar-refractivity contribution < 1.29 is 17.6 Å². The smallest absolute Gasteiger partial charge is 0.322 e. The summed E-state index contributed by atoms with van der Waals surface area (Å²) in [6, 6.07) is 12.2. The summed E-state index contributed by atoms with van der Waals surface area (Å²) in [5.74, 6) is 0.0326. The number of hydrogen-bond donors (Lipinski definition) is 1. The Balaban J connectivity index is 1.66. The lowest BCUT2D eigenvalue weighted by Gasteiger charge is -2.04. The number of carbonyl (C=O) groups excluding carboxylic acids is 1. The molecule has 1 aromatic heterocycles. The van der Waals surface area contributed by atoms with Crippen molar-refractivity contribution in [2.45, 2.75) is 32.1 Å². The number of benzene rings is 2. The maximum Gasteiger partial charge on any atom is 0.322 e. The van der Waals surface area contributed by atoms with Gasteiger partial charge in [0.05, 0.1) is 17.1 Å². The Bertz CT molecular complexity index is 1080. The molecule has 3 aromatic rings. The van der Waals surface area contributed by atoms with E-state index in [2.05, 4.69) is 15.5 Å². The van der Waals surface area contributed by atoms with Gasteiger partial charge in [0.15, 0.2) is 9.84 Å². The molecule has 7 nitrogen and oxygen atoms in total. The number of hydrogen-bond acceptors (Lipinski definition) is 6. The molecule has 0 saturated carbocycles. The minimum absolute atomic E-state index is 0.0179. The molecule has 1 amide bonds. The Hall–Kier alpha value is -3.00. The zero-order valence-corrected chi connectivity index (χ0v) is 16.7. The highest BCUT2D eigenvalue weighted by Crippen LogP contribution is 2.22. The van der Waals surface area contributed by atoms with Crippen molar-refractivity contribution in [2.24, 2.45) is 0 Å². The Labute approximate surface area is 163 Å². The van der Waals surface area contributed by atoms with Gasteiger partial charge in [-0.2, -0.15) is 0 Å². The molecule has 0 bridgehead atoms. The summed E-state index contributed by atoms with van der Waals surface area (Å²) in [6.07, 6.45) is 0.0632. The van der Waals surface area contributed by atoms with Gasteiger partial charge in [-0.15, -0.1) is 5.10 Å². The van der Waals surface area contributed by atoms with Gasteiger partial charge in [-0.05, 0) is 43.7 Å². The van der Waals surface area contributed by atoms with E-state index in [9.17, 15) is 13.2 Å². The van der Waals surface area contributed by atoms with E-state index in [1.165, 1.54) is 12.1 Å². The minimum Gasteiger partial charge on any atom is -0.403 e. The second-order valence-electron chi connectivity index (χ2n) is 6.56. The Morgan fingerprint density at radius 3 is 2.29 bits per heavy atom. The molecular weight excluding hydrogens is 378 g/mol. The van der Waals surface area contributed by atoms with Crippen molar-refractivity contribution >= 4 is 21.8 Å². The largest absolute Gasteiger partial charge is 0.403 e. The van der Waals surface area contributed by atoms with Crippen LogP contribution in [0.25, 0.3) is 11.5 Å². The zero-order valence-electron chi connectivity index (χ0n) is 15.9. The molecule has 8 heteroatoms. The first-order valence-electron chi connectivity index (χ1n) is 8.80. The maximum atomic E-state index is 12.2. The second kappa shape index (κ2) is 7.93. The fourth-order valence-electron chi connectivity index (χ4n) is 2.82. The van der Waals surface area contributed by atoms with Crippen molar-refractivity contribution in [2.75, 3.05) is 11.1 Å². The number of amides is 1. The topological polar surface area (TPSA) is 102 Å². The van der Waals surface area contributed by atoms with Gasteiger partial charge >= 0.3 is 6.01 Å². The molecule has 0 unspecified atom stereocenters. The number of nitrogens with zero attached hydrogens (tertiary/aromatic N) is 2. The van der Waals surface area contributed by atoms with E-state index in [4.69, 9.17) is 4.42 Å². The van der Waals surface area contributed by atoms with Crippen LogP contribution in [-0.2, 0) is 21.1 Å². The van der Waals surface area contributed by atoms with Gasteiger partial charge in [0, 0.05) is 5.56 Å². The number of anilines is 1. The fraction of sp³-hybridized carbons (Fsp3) is 0.250. The maximum absolute atomic E-state index is 12.2. The third-order valence-corrected chi connectivity index (χ3v) is 5.92. The lowest BCUT2D eigenvalue weighted by Crippen LogP contribution is -2.14. The van der Waals surface area contributed by atoms with E-state index in [-0.39, 0.29) is 29.0 Å². The first kappa shape index (κ1) is 19.8. The molecule has 146 valence electrons.